The molecule has 0 aromatic rings. The van der Waals surface area contributed by atoms with E-state index in [1.54, 1.807) is 13.8 Å². The van der Waals surface area contributed by atoms with Crippen LogP contribution >= 0.6 is 0 Å². The minimum Gasteiger partial charge on any atom is -0.465 e. The summed E-state index contributed by atoms with van der Waals surface area (Å²) >= 11 is 0. The number of hydrogen-bond donors (Lipinski definition) is 0. The van der Waals surface area contributed by atoms with Gasteiger partial charge in [0.25, 0.3) is 0 Å². The Hall–Kier alpha value is -1.06. The monoisotopic (exact) mass is 384 g/mol. The van der Waals surface area contributed by atoms with E-state index in [4.69, 9.17) is 9.47 Å². The molecule has 0 radical (unpaired) electrons. The molecule has 0 rings (SSSR count). The zero-order chi connectivity index (χ0) is 20.4. The van der Waals surface area contributed by atoms with E-state index in [1.807, 2.05) is 0 Å². The van der Waals surface area contributed by atoms with Crippen LogP contribution in [-0.4, -0.2) is 25.2 Å². The molecule has 4 heteroatoms. The molecule has 160 valence electrons. The number of carbonyl (C=O) groups is 2. The Morgan fingerprint density at radius 1 is 0.556 bits per heavy atom. The minimum atomic E-state index is -1.22. The van der Waals surface area contributed by atoms with Gasteiger partial charge in [0.15, 0.2) is 5.41 Å². The van der Waals surface area contributed by atoms with Gasteiger partial charge in [-0.25, -0.2) is 0 Å². The van der Waals surface area contributed by atoms with Gasteiger partial charge >= 0.3 is 11.9 Å². The quantitative estimate of drug-likeness (QED) is 0.152. The fourth-order valence-corrected chi connectivity index (χ4v) is 2.89. The van der Waals surface area contributed by atoms with Crippen molar-refractivity contribution in [3.8, 4) is 0 Å². The first-order valence-corrected chi connectivity index (χ1v) is 11.3. The molecule has 0 spiro atoms. The Morgan fingerprint density at radius 2 is 0.852 bits per heavy atom. The Labute approximate surface area is 167 Å². The van der Waals surface area contributed by atoms with Gasteiger partial charge in [0, 0.05) is 0 Å². The van der Waals surface area contributed by atoms with E-state index in [1.165, 1.54) is 64.2 Å². The summed E-state index contributed by atoms with van der Waals surface area (Å²) in [5.74, 6) is -0.948. The molecule has 0 unspecified atom stereocenters. The van der Waals surface area contributed by atoms with E-state index in [0.717, 1.165) is 25.7 Å². The zero-order valence-electron chi connectivity index (χ0n) is 18.4. The van der Waals surface area contributed by atoms with Crippen molar-refractivity contribution in [1.29, 1.82) is 0 Å². The number of carbonyl (C=O) groups excluding carboxylic acids is 2. The first-order valence-electron chi connectivity index (χ1n) is 11.3. The largest absolute Gasteiger partial charge is 0.465 e. The van der Waals surface area contributed by atoms with E-state index in [9.17, 15) is 9.59 Å². The average Bonchev–Trinajstić information content (AvgIpc) is 2.65. The lowest BCUT2D eigenvalue weighted by Crippen LogP contribution is -2.37. The third-order valence-electron chi connectivity index (χ3n) is 4.98. The Balaban J connectivity index is 3.77. The SMILES string of the molecule is CCCCCCCCCOC(=O)C(C)(C)C(=O)OCCCCCCCCC. The van der Waals surface area contributed by atoms with Gasteiger partial charge in [-0.2, -0.15) is 0 Å². The second-order valence-electron chi connectivity index (χ2n) is 8.14. The summed E-state index contributed by atoms with van der Waals surface area (Å²) in [5.41, 5.74) is -1.22. The molecule has 0 amide bonds. The summed E-state index contributed by atoms with van der Waals surface area (Å²) in [7, 11) is 0. The third-order valence-corrected chi connectivity index (χ3v) is 4.98. The van der Waals surface area contributed by atoms with Gasteiger partial charge in [0.1, 0.15) is 0 Å². The normalized spacial score (nSPS) is 11.4. The van der Waals surface area contributed by atoms with Crippen LogP contribution in [-0.2, 0) is 19.1 Å². The summed E-state index contributed by atoms with van der Waals surface area (Å²) < 4.78 is 10.6. The molecule has 0 aliphatic carbocycles. The van der Waals surface area contributed by atoms with E-state index in [-0.39, 0.29) is 0 Å². The first-order chi connectivity index (χ1) is 13.0. The van der Waals surface area contributed by atoms with Crippen molar-refractivity contribution < 1.29 is 19.1 Å². The van der Waals surface area contributed by atoms with Gasteiger partial charge in [-0.05, 0) is 26.7 Å². The molecular formula is C23H44O4. The number of ether oxygens (including phenoxy) is 2. The molecule has 0 aromatic carbocycles. The zero-order valence-corrected chi connectivity index (χ0v) is 18.4. The van der Waals surface area contributed by atoms with Crippen molar-refractivity contribution >= 4 is 11.9 Å². The van der Waals surface area contributed by atoms with Crippen molar-refractivity contribution in [3.05, 3.63) is 0 Å². The summed E-state index contributed by atoms with van der Waals surface area (Å²) in [6.45, 7) is 8.38. The van der Waals surface area contributed by atoms with Crippen LogP contribution in [0, 0.1) is 5.41 Å². The fraction of sp³-hybridized carbons (Fsp3) is 0.913. The molecule has 0 aliphatic heterocycles. The van der Waals surface area contributed by atoms with Crippen molar-refractivity contribution in [2.45, 2.75) is 118 Å². The van der Waals surface area contributed by atoms with Crippen LogP contribution in [0.5, 0.6) is 0 Å². The second-order valence-corrected chi connectivity index (χ2v) is 8.14. The first kappa shape index (κ1) is 25.9. The highest BCUT2D eigenvalue weighted by Crippen LogP contribution is 2.20. The molecule has 0 saturated carbocycles. The van der Waals surface area contributed by atoms with Crippen molar-refractivity contribution in [2.24, 2.45) is 5.41 Å². The van der Waals surface area contributed by atoms with Crippen molar-refractivity contribution in [2.75, 3.05) is 13.2 Å². The fourth-order valence-electron chi connectivity index (χ4n) is 2.89. The standard InChI is InChI=1S/C23H44O4/c1-5-7-9-11-13-15-17-19-26-21(24)23(3,4)22(25)27-20-18-16-14-12-10-8-6-2/h5-20H2,1-4H3. The lowest BCUT2D eigenvalue weighted by atomic mass is 9.94. The molecule has 0 saturated heterocycles. The lowest BCUT2D eigenvalue weighted by Gasteiger charge is -2.20. The van der Waals surface area contributed by atoms with E-state index < -0.39 is 17.4 Å². The van der Waals surface area contributed by atoms with Gasteiger partial charge < -0.3 is 9.47 Å². The maximum Gasteiger partial charge on any atom is 0.322 e. The highest BCUT2D eigenvalue weighted by Gasteiger charge is 2.39. The van der Waals surface area contributed by atoms with E-state index >= 15 is 0 Å². The van der Waals surface area contributed by atoms with E-state index in [0.29, 0.717) is 13.2 Å². The van der Waals surface area contributed by atoms with Crippen LogP contribution in [0.1, 0.15) is 118 Å². The molecule has 0 aliphatic rings. The molecule has 0 N–H and O–H groups in total. The van der Waals surface area contributed by atoms with Crippen LogP contribution in [0.15, 0.2) is 0 Å². The topological polar surface area (TPSA) is 52.6 Å². The van der Waals surface area contributed by atoms with Crippen LogP contribution in [0.4, 0.5) is 0 Å². The third kappa shape index (κ3) is 13.7. The molecule has 0 heterocycles. The molecule has 0 bridgehead atoms. The Bertz CT molecular complexity index is 343. The lowest BCUT2D eigenvalue weighted by molar-refractivity contribution is -0.169. The van der Waals surface area contributed by atoms with Gasteiger partial charge in [0.05, 0.1) is 13.2 Å². The van der Waals surface area contributed by atoms with Gasteiger partial charge in [-0.3, -0.25) is 9.59 Å². The van der Waals surface area contributed by atoms with Gasteiger partial charge in [0.2, 0.25) is 0 Å². The van der Waals surface area contributed by atoms with Crippen LogP contribution < -0.4 is 0 Å². The van der Waals surface area contributed by atoms with Crippen molar-refractivity contribution in [1.82, 2.24) is 0 Å². The molecule has 0 fully saturated rings. The van der Waals surface area contributed by atoms with Crippen LogP contribution in [0.3, 0.4) is 0 Å². The molecule has 0 aromatic heterocycles. The molecule has 27 heavy (non-hydrogen) atoms. The predicted octanol–water partition coefficient (Wildman–Crippen LogP) is 6.60. The molecular weight excluding hydrogens is 340 g/mol. The maximum atomic E-state index is 12.2. The summed E-state index contributed by atoms with van der Waals surface area (Å²) in [6.07, 6.45) is 16.4. The smallest absolute Gasteiger partial charge is 0.322 e. The van der Waals surface area contributed by atoms with E-state index in [2.05, 4.69) is 13.8 Å². The van der Waals surface area contributed by atoms with Gasteiger partial charge in [-0.15, -0.1) is 0 Å². The molecule has 0 atom stereocenters. The molecule has 4 nitrogen and oxygen atoms in total. The van der Waals surface area contributed by atoms with Crippen LogP contribution in [0.2, 0.25) is 0 Å². The minimum absolute atomic E-state index is 0.390. The summed E-state index contributed by atoms with van der Waals surface area (Å²) in [6, 6.07) is 0. The number of hydrogen-bond acceptors (Lipinski definition) is 4. The van der Waals surface area contributed by atoms with Gasteiger partial charge in [-0.1, -0.05) is 90.9 Å². The Kier molecular flexibility index (Phi) is 16.4. The summed E-state index contributed by atoms with van der Waals surface area (Å²) in [5, 5.41) is 0. The number of unbranched alkanes of at least 4 members (excludes halogenated alkanes) is 12. The predicted molar refractivity (Wildman–Crippen MR) is 112 cm³/mol. The highest BCUT2D eigenvalue weighted by molar-refractivity contribution is 5.99. The number of rotatable bonds is 18. The second kappa shape index (κ2) is 17.1. The maximum absolute atomic E-state index is 12.2. The van der Waals surface area contributed by atoms with Crippen molar-refractivity contribution in [3.63, 3.8) is 0 Å². The van der Waals surface area contributed by atoms with Crippen LogP contribution in [0.25, 0.3) is 0 Å². The number of esters is 2. The highest BCUT2D eigenvalue weighted by atomic mass is 16.6. The Morgan fingerprint density at radius 3 is 1.19 bits per heavy atom. The summed E-state index contributed by atoms with van der Waals surface area (Å²) in [4.78, 5) is 24.4. The average molecular weight is 385 g/mol.